The lowest BCUT2D eigenvalue weighted by atomic mass is 10.3. The number of rotatable bonds is 4. The molecule has 0 spiro atoms. The molecule has 0 aliphatic rings. The summed E-state index contributed by atoms with van der Waals surface area (Å²) >= 11 is 1.53. The average Bonchev–Trinajstić information content (AvgIpc) is 3.15. The number of benzene rings is 1. The van der Waals surface area contributed by atoms with Crippen LogP contribution >= 0.6 is 11.3 Å². The van der Waals surface area contributed by atoms with Gasteiger partial charge in [-0.15, -0.1) is 16.4 Å². The van der Waals surface area contributed by atoms with Crippen LogP contribution in [0.4, 0.5) is 16.3 Å². The molecule has 3 aromatic rings. The number of aromatic nitrogens is 4. The summed E-state index contributed by atoms with van der Waals surface area (Å²) < 4.78 is 5.49. The fourth-order valence-corrected chi connectivity index (χ4v) is 2.51. The van der Waals surface area contributed by atoms with Crippen LogP contribution in [0.5, 0.6) is 0 Å². The highest BCUT2D eigenvalue weighted by Gasteiger charge is 2.09. The molecule has 0 fully saturated rings. The first kappa shape index (κ1) is 14.9. The molecule has 0 unspecified atom stereocenters. The Morgan fingerprint density at radius 3 is 3.04 bits per heavy atom. The van der Waals surface area contributed by atoms with Gasteiger partial charge in [-0.05, 0) is 18.2 Å². The van der Waals surface area contributed by atoms with Crippen LogP contribution in [0, 0.1) is 0 Å². The van der Waals surface area contributed by atoms with Crippen molar-refractivity contribution in [1.29, 1.82) is 0 Å². The number of nitrogens with zero attached hydrogens (tertiary/aromatic N) is 4. The molecule has 0 saturated heterocycles. The monoisotopic (exact) mass is 332 g/mol. The number of thiazole rings is 1. The average molecular weight is 332 g/mol. The van der Waals surface area contributed by atoms with E-state index < -0.39 is 6.09 Å². The van der Waals surface area contributed by atoms with E-state index in [9.17, 15) is 9.59 Å². The third-order valence-corrected chi connectivity index (χ3v) is 3.66. The molecule has 1 aromatic carbocycles. The van der Waals surface area contributed by atoms with Crippen molar-refractivity contribution in [3.8, 4) is 0 Å². The normalized spacial score (nSPS) is 10.5. The SMILES string of the molecule is COC(=O)Nc1cnn(CC(=O)Nc2ccc3scnc3c2)n1. The Labute approximate surface area is 134 Å². The van der Waals surface area contributed by atoms with E-state index in [0.29, 0.717) is 5.69 Å². The van der Waals surface area contributed by atoms with E-state index in [4.69, 9.17) is 0 Å². The van der Waals surface area contributed by atoms with Crippen LogP contribution in [0.2, 0.25) is 0 Å². The van der Waals surface area contributed by atoms with E-state index in [1.54, 1.807) is 17.6 Å². The second kappa shape index (κ2) is 6.40. The topological polar surface area (TPSA) is 111 Å². The lowest BCUT2D eigenvalue weighted by molar-refractivity contribution is -0.117. The number of ether oxygens (including phenoxy) is 1. The Morgan fingerprint density at radius 2 is 2.22 bits per heavy atom. The van der Waals surface area contributed by atoms with Crippen molar-refractivity contribution in [3.63, 3.8) is 0 Å². The van der Waals surface area contributed by atoms with Crippen molar-refractivity contribution in [1.82, 2.24) is 20.0 Å². The zero-order valence-corrected chi connectivity index (χ0v) is 12.8. The van der Waals surface area contributed by atoms with Crippen LogP contribution in [-0.4, -0.2) is 39.1 Å². The first-order valence-corrected chi connectivity index (χ1v) is 7.40. The largest absolute Gasteiger partial charge is 0.453 e. The summed E-state index contributed by atoms with van der Waals surface area (Å²) in [5, 5.41) is 12.9. The highest BCUT2D eigenvalue weighted by atomic mass is 32.1. The molecule has 9 nitrogen and oxygen atoms in total. The van der Waals surface area contributed by atoms with Crippen LogP contribution in [0.3, 0.4) is 0 Å². The summed E-state index contributed by atoms with van der Waals surface area (Å²) in [6, 6.07) is 5.50. The summed E-state index contributed by atoms with van der Waals surface area (Å²) in [6.45, 7) is -0.0854. The summed E-state index contributed by atoms with van der Waals surface area (Å²) in [7, 11) is 1.24. The Kier molecular flexibility index (Phi) is 4.15. The van der Waals surface area contributed by atoms with E-state index in [-0.39, 0.29) is 18.3 Å². The fourth-order valence-electron chi connectivity index (χ4n) is 1.85. The number of carbonyl (C=O) groups is 2. The van der Waals surface area contributed by atoms with E-state index in [1.165, 1.54) is 29.4 Å². The molecule has 23 heavy (non-hydrogen) atoms. The van der Waals surface area contributed by atoms with Crippen LogP contribution in [0.25, 0.3) is 10.2 Å². The smallest absolute Gasteiger partial charge is 0.412 e. The molecular weight excluding hydrogens is 320 g/mol. The summed E-state index contributed by atoms with van der Waals surface area (Å²) in [6.07, 6.45) is 0.670. The Balaban J connectivity index is 1.61. The minimum atomic E-state index is -0.655. The highest BCUT2D eigenvalue weighted by Crippen LogP contribution is 2.21. The van der Waals surface area contributed by atoms with Gasteiger partial charge in [-0.1, -0.05) is 0 Å². The van der Waals surface area contributed by atoms with Crippen molar-refractivity contribution < 1.29 is 14.3 Å². The summed E-state index contributed by atoms with van der Waals surface area (Å²) in [4.78, 5) is 28.4. The standard InChI is InChI=1S/C13H12N6O3S/c1-22-13(21)17-11-5-15-19(18-11)6-12(20)16-8-2-3-10-9(4-8)14-7-23-10/h2-5,7H,6H2,1H3,(H,16,20)(H,17,18,21). The second-order valence-corrected chi connectivity index (χ2v) is 5.35. The van der Waals surface area contributed by atoms with Gasteiger partial charge in [0.25, 0.3) is 0 Å². The van der Waals surface area contributed by atoms with Gasteiger partial charge in [0.1, 0.15) is 6.54 Å². The van der Waals surface area contributed by atoms with Gasteiger partial charge in [0, 0.05) is 5.69 Å². The van der Waals surface area contributed by atoms with Gasteiger partial charge in [-0.25, -0.2) is 9.78 Å². The molecule has 0 saturated carbocycles. The van der Waals surface area contributed by atoms with Gasteiger partial charge in [-0.3, -0.25) is 10.1 Å². The Hall–Kier alpha value is -3.01. The summed E-state index contributed by atoms with van der Waals surface area (Å²) in [5.74, 6) is -0.0895. The van der Waals surface area contributed by atoms with E-state index in [0.717, 1.165) is 10.2 Å². The Bertz CT molecular complexity index is 858. The molecule has 2 aromatic heterocycles. The lowest BCUT2D eigenvalue weighted by Crippen LogP contribution is -2.20. The van der Waals surface area contributed by atoms with Gasteiger partial charge in [0.05, 0.1) is 29.0 Å². The van der Waals surface area contributed by atoms with Crippen molar-refractivity contribution in [2.24, 2.45) is 0 Å². The predicted octanol–water partition coefficient (Wildman–Crippen LogP) is 1.70. The quantitative estimate of drug-likeness (QED) is 0.752. The second-order valence-electron chi connectivity index (χ2n) is 4.46. The van der Waals surface area contributed by atoms with Gasteiger partial charge >= 0.3 is 6.09 Å². The number of anilines is 2. The molecule has 0 atom stereocenters. The van der Waals surface area contributed by atoms with Gasteiger partial charge < -0.3 is 10.1 Å². The number of fused-ring (bicyclic) bond motifs is 1. The maximum Gasteiger partial charge on any atom is 0.412 e. The van der Waals surface area contributed by atoms with E-state index in [1.807, 2.05) is 6.07 Å². The summed E-state index contributed by atoms with van der Waals surface area (Å²) in [5.41, 5.74) is 3.22. The zero-order valence-electron chi connectivity index (χ0n) is 12.0. The molecule has 0 aliphatic carbocycles. The van der Waals surface area contributed by atoms with Crippen LogP contribution < -0.4 is 10.6 Å². The number of amides is 2. The highest BCUT2D eigenvalue weighted by molar-refractivity contribution is 7.16. The molecule has 0 bridgehead atoms. The molecule has 3 rings (SSSR count). The minimum Gasteiger partial charge on any atom is -0.453 e. The maximum absolute atomic E-state index is 12.0. The number of hydrogen-bond donors (Lipinski definition) is 2. The van der Waals surface area contributed by atoms with Gasteiger partial charge in [-0.2, -0.15) is 9.90 Å². The number of methoxy groups -OCH3 is 1. The third kappa shape index (κ3) is 3.61. The Morgan fingerprint density at radius 1 is 1.35 bits per heavy atom. The first-order chi connectivity index (χ1) is 11.1. The third-order valence-electron chi connectivity index (χ3n) is 2.85. The van der Waals surface area contributed by atoms with Crippen molar-refractivity contribution >= 4 is 45.1 Å². The number of nitrogens with one attached hydrogen (secondary N) is 2. The number of carbonyl (C=O) groups excluding carboxylic acids is 2. The molecule has 0 aliphatic heterocycles. The predicted molar refractivity (Wildman–Crippen MR) is 84.3 cm³/mol. The van der Waals surface area contributed by atoms with Crippen LogP contribution in [0.1, 0.15) is 0 Å². The molecule has 10 heteroatoms. The lowest BCUT2D eigenvalue weighted by Gasteiger charge is -2.04. The minimum absolute atomic E-state index is 0.0854. The van der Waals surface area contributed by atoms with Crippen molar-refractivity contribution in [3.05, 3.63) is 29.9 Å². The molecule has 118 valence electrons. The maximum atomic E-state index is 12.0. The zero-order chi connectivity index (χ0) is 16.2. The molecular formula is C13H12N6O3S. The van der Waals surface area contributed by atoms with Crippen molar-refractivity contribution in [2.75, 3.05) is 17.7 Å². The van der Waals surface area contributed by atoms with Crippen molar-refractivity contribution in [2.45, 2.75) is 6.54 Å². The van der Waals surface area contributed by atoms with Gasteiger partial charge in [0.15, 0.2) is 5.82 Å². The van der Waals surface area contributed by atoms with Crippen LogP contribution in [0.15, 0.2) is 29.9 Å². The fraction of sp³-hybridized carbons (Fsp3) is 0.154. The molecule has 2 heterocycles. The first-order valence-electron chi connectivity index (χ1n) is 6.52. The van der Waals surface area contributed by atoms with Crippen LogP contribution in [-0.2, 0) is 16.1 Å². The van der Waals surface area contributed by atoms with E-state index >= 15 is 0 Å². The molecule has 2 N–H and O–H groups in total. The number of hydrogen-bond acceptors (Lipinski definition) is 7. The van der Waals surface area contributed by atoms with E-state index in [2.05, 4.69) is 30.6 Å². The van der Waals surface area contributed by atoms with Gasteiger partial charge in [0.2, 0.25) is 5.91 Å². The molecule has 0 radical (unpaired) electrons. The molecule has 2 amide bonds.